The van der Waals surface area contributed by atoms with Gasteiger partial charge in [0.05, 0.1) is 6.04 Å². The maximum absolute atomic E-state index is 12.3. The molecule has 0 radical (unpaired) electrons. The highest BCUT2D eigenvalue weighted by atomic mass is 16.4. The SMILES string of the molecule is CC[C@H](C)[C@H](NC(=O)[C@@H](N)Cc1ccccc1)C(=O)NCC(=O)O. The third kappa shape index (κ3) is 6.37. The van der Waals surface area contributed by atoms with E-state index in [-0.39, 0.29) is 5.92 Å². The number of nitrogens with two attached hydrogens (primary N) is 1. The fourth-order valence-electron chi connectivity index (χ4n) is 2.20. The van der Waals surface area contributed by atoms with Gasteiger partial charge in [-0.15, -0.1) is 0 Å². The Labute approximate surface area is 141 Å². The van der Waals surface area contributed by atoms with E-state index >= 15 is 0 Å². The van der Waals surface area contributed by atoms with Gasteiger partial charge in [-0.1, -0.05) is 50.6 Å². The van der Waals surface area contributed by atoms with Crippen molar-refractivity contribution in [3.63, 3.8) is 0 Å². The maximum Gasteiger partial charge on any atom is 0.322 e. The first kappa shape index (κ1) is 19.6. The normalized spacial score (nSPS) is 14.3. The van der Waals surface area contributed by atoms with Gasteiger partial charge in [0.25, 0.3) is 0 Å². The molecule has 2 amide bonds. The van der Waals surface area contributed by atoms with Crippen molar-refractivity contribution in [2.45, 2.75) is 38.8 Å². The van der Waals surface area contributed by atoms with Gasteiger partial charge < -0.3 is 21.5 Å². The van der Waals surface area contributed by atoms with Crippen molar-refractivity contribution in [1.82, 2.24) is 10.6 Å². The van der Waals surface area contributed by atoms with Gasteiger partial charge in [-0.3, -0.25) is 14.4 Å². The van der Waals surface area contributed by atoms with Crippen LogP contribution in [0.25, 0.3) is 0 Å². The van der Waals surface area contributed by atoms with Gasteiger partial charge in [-0.2, -0.15) is 0 Å². The summed E-state index contributed by atoms with van der Waals surface area (Å²) in [5, 5.41) is 13.6. The van der Waals surface area contributed by atoms with Gasteiger partial charge in [0.2, 0.25) is 11.8 Å². The third-order valence-electron chi connectivity index (χ3n) is 3.84. The summed E-state index contributed by atoms with van der Waals surface area (Å²) in [6.07, 6.45) is 1.01. The summed E-state index contributed by atoms with van der Waals surface area (Å²) in [5.41, 5.74) is 6.85. The van der Waals surface area contributed by atoms with Crippen LogP contribution in [0.4, 0.5) is 0 Å². The first-order valence-electron chi connectivity index (χ1n) is 7.94. The molecule has 7 heteroatoms. The smallest absolute Gasteiger partial charge is 0.322 e. The summed E-state index contributed by atoms with van der Waals surface area (Å²) in [7, 11) is 0. The number of rotatable bonds is 9. The van der Waals surface area contributed by atoms with Crippen molar-refractivity contribution in [2.75, 3.05) is 6.54 Å². The number of benzene rings is 1. The van der Waals surface area contributed by atoms with Crippen molar-refractivity contribution >= 4 is 17.8 Å². The lowest BCUT2D eigenvalue weighted by molar-refractivity contribution is -0.138. The van der Waals surface area contributed by atoms with Crippen molar-refractivity contribution in [3.8, 4) is 0 Å². The Morgan fingerprint density at radius 1 is 1.17 bits per heavy atom. The molecule has 0 saturated heterocycles. The molecule has 0 aliphatic carbocycles. The number of carboxylic acids is 1. The van der Waals surface area contributed by atoms with Crippen LogP contribution in [0.3, 0.4) is 0 Å². The molecule has 0 aliphatic heterocycles. The van der Waals surface area contributed by atoms with Gasteiger partial charge in [0.1, 0.15) is 12.6 Å². The minimum Gasteiger partial charge on any atom is -0.480 e. The third-order valence-corrected chi connectivity index (χ3v) is 3.84. The number of nitrogens with one attached hydrogen (secondary N) is 2. The molecule has 1 aromatic rings. The second-order valence-electron chi connectivity index (χ2n) is 5.78. The van der Waals surface area contributed by atoms with Crippen LogP contribution in [-0.2, 0) is 20.8 Å². The molecule has 3 atom stereocenters. The van der Waals surface area contributed by atoms with E-state index in [0.29, 0.717) is 12.8 Å². The molecule has 0 saturated carbocycles. The average Bonchev–Trinajstić information content (AvgIpc) is 2.57. The van der Waals surface area contributed by atoms with Crippen LogP contribution in [0.2, 0.25) is 0 Å². The Kier molecular flexibility index (Phi) is 7.91. The molecule has 0 bridgehead atoms. The van der Waals surface area contributed by atoms with Crippen LogP contribution >= 0.6 is 0 Å². The molecule has 0 aromatic heterocycles. The zero-order valence-corrected chi connectivity index (χ0v) is 14.0. The molecular formula is C17H25N3O4. The molecule has 24 heavy (non-hydrogen) atoms. The fourth-order valence-corrected chi connectivity index (χ4v) is 2.20. The zero-order chi connectivity index (χ0) is 18.1. The highest BCUT2D eigenvalue weighted by molar-refractivity contribution is 5.91. The summed E-state index contributed by atoms with van der Waals surface area (Å²) in [4.78, 5) is 35.0. The predicted molar refractivity (Wildman–Crippen MR) is 90.2 cm³/mol. The average molecular weight is 335 g/mol. The number of carbonyl (C=O) groups is 3. The Hall–Kier alpha value is -2.41. The summed E-state index contributed by atoms with van der Waals surface area (Å²) in [6.45, 7) is 3.21. The molecule has 132 valence electrons. The quantitative estimate of drug-likeness (QED) is 0.517. The van der Waals surface area contributed by atoms with E-state index in [1.54, 1.807) is 0 Å². The maximum atomic E-state index is 12.3. The van der Waals surface area contributed by atoms with Crippen molar-refractivity contribution in [2.24, 2.45) is 11.7 Å². The molecule has 0 unspecified atom stereocenters. The number of carboxylic acid groups (broad SMARTS) is 1. The van der Waals surface area contributed by atoms with Crippen LogP contribution in [-0.4, -0.2) is 41.5 Å². The van der Waals surface area contributed by atoms with E-state index in [4.69, 9.17) is 10.8 Å². The van der Waals surface area contributed by atoms with Gasteiger partial charge in [-0.05, 0) is 17.9 Å². The van der Waals surface area contributed by atoms with Crippen LogP contribution in [0.1, 0.15) is 25.8 Å². The molecule has 1 rings (SSSR count). The topological polar surface area (TPSA) is 122 Å². The van der Waals surface area contributed by atoms with Crippen molar-refractivity contribution in [3.05, 3.63) is 35.9 Å². The molecule has 0 fully saturated rings. The first-order chi connectivity index (χ1) is 11.3. The number of amides is 2. The lowest BCUT2D eigenvalue weighted by Gasteiger charge is -2.24. The van der Waals surface area contributed by atoms with E-state index in [1.807, 2.05) is 44.2 Å². The fraction of sp³-hybridized carbons (Fsp3) is 0.471. The van der Waals surface area contributed by atoms with Crippen molar-refractivity contribution in [1.29, 1.82) is 0 Å². The monoisotopic (exact) mass is 335 g/mol. The van der Waals surface area contributed by atoms with Crippen LogP contribution in [0.15, 0.2) is 30.3 Å². The highest BCUT2D eigenvalue weighted by Crippen LogP contribution is 2.09. The number of hydrogen-bond donors (Lipinski definition) is 4. The number of aliphatic carboxylic acids is 1. The highest BCUT2D eigenvalue weighted by Gasteiger charge is 2.28. The largest absolute Gasteiger partial charge is 0.480 e. The summed E-state index contributed by atoms with van der Waals surface area (Å²) < 4.78 is 0. The Balaban J connectivity index is 2.69. The van der Waals surface area contributed by atoms with Crippen LogP contribution in [0.5, 0.6) is 0 Å². The van der Waals surface area contributed by atoms with Gasteiger partial charge in [0.15, 0.2) is 0 Å². The first-order valence-corrected chi connectivity index (χ1v) is 7.94. The van der Waals surface area contributed by atoms with E-state index in [1.165, 1.54) is 0 Å². The predicted octanol–water partition coefficient (Wildman–Crippen LogP) is 0.288. The number of carbonyl (C=O) groups excluding carboxylic acids is 2. The summed E-state index contributed by atoms with van der Waals surface area (Å²) in [6, 6.07) is 7.75. The van der Waals surface area contributed by atoms with E-state index in [2.05, 4.69) is 10.6 Å². The zero-order valence-electron chi connectivity index (χ0n) is 14.0. The van der Waals surface area contributed by atoms with E-state index in [9.17, 15) is 14.4 Å². The van der Waals surface area contributed by atoms with E-state index in [0.717, 1.165) is 5.56 Å². The summed E-state index contributed by atoms with van der Waals surface area (Å²) in [5.74, 6) is -2.24. The Bertz CT molecular complexity index is 562. The number of hydrogen-bond acceptors (Lipinski definition) is 4. The lowest BCUT2D eigenvalue weighted by atomic mass is 9.97. The standard InChI is InChI=1S/C17H25N3O4/c1-3-11(2)15(17(24)19-10-14(21)22)20-16(23)13(18)9-12-7-5-4-6-8-12/h4-8,11,13,15H,3,9-10,18H2,1-2H3,(H,19,24)(H,20,23)(H,21,22)/t11-,13-,15-/m0/s1. The van der Waals surface area contributed by atoms with Crippen LogP contribution in [0, 0.1) is 5.92 Å². The lowest BCUT2D eigenvalue weighted by Crippen LogP contribution is -2.55. The van der Waals surface area contributed by atoms with E-state index < -0.39 is 36.4 Å². The second-order valence-corrected chi connectivity index (χ2v) is 5.78. The molecule has 1 aromatic carbocycles. The second kappa shape index (κ2) is 9.67. The van der Waals surface area contributed by atoms with Gasteiger partial charge in [0, 0.05) is 0 Å². The molecular weight excluding hydrogens is 310 g/mol. The Morgan fingerprint density at radius 2 is 1.79 bits per heavy atom. The molecule has 7 nitrogen and oxygen atoms in total. The van der Waals surface area contributed by atoms with Gasteiger partial charge in [-0.25, -0.2) is 0 Å². The molecule has 0 heterocycles. The minimum atomic E-state index is -1.14. The minimum absolute atomic E-state index is 0.147. The van der Waals surface area contributed by atoms with Crippen LogP contribution < -0.4 is 16.4 Å². The Morgan fingerprint density at radius 3 is 2.33 bits per heavy atom. The molecule has 5 N–H and O–H groups in total. The summed E-state index contributed by atoms with van der Waals surface area (Å²) >= 11 is 0. The molecule has 0 aliphatic rings. The van der Waals surface area contributed by atoms with Crippen molar-refractivity contribution < 1.29 is 19.5 Å². The van der Waals surface area contributed by atoms with Gasteiger partial charge >= 0.3 is 5.97 Å². The molecule has 0 spiro atoms.